The molecule has 5 nitrogen and oxygen atoms in total. The fraction of sp³-hybridized carbons (Fsp3) is 0.136. The summed E-state index contributed by atoms with van der Waals surface area (Å²) in [5.74, 6) is -2.38. The van der Waals surface area contributed by atoms with Crippen molar-refractivity contribution >= 4 is 56.2 Å². The van der Waals surface area contributed by atoms with Gasteiger partial charge in [0.1, 0.15) is 0 Å². The first kappa shape index (κ1) is 23.9. The Morgan fingerprint density at radius 1 is 0.939 bits per heavy atom. The lowest BCUT2D eigenvalue weighted by molar-refractivity contribution is 0.504. The molecule has 1 atom stereocenters. The van der Waals surface area contributed by atoms with Gasteiger partial charge in [-0.2, -0.15) is 5.10 Å². The first-order valence-corrected chi connectivity index (χ1v) is 12.3. The molecule has 1 unspecified atom stereocenters. The second-order valence-corrected chi connectivity index (χ2v) is 10.3. The standard InChI is InChI=1S/C22H16Cl3F2N3O2S/c23-14-3-1-13(2-4-14)22-10-16(29-30(22)21-8-5-15(24)9-18(21)25)12-28-33(31,32)17-6-7-19(26)20(27)11-17/h1-9,11,22,28H,10,12H2. The van der Waals surface area contributed by atoms with Gasteiger partial charge in [-0.25, -0.2) is 21.9 Å². The fourth-order valence-electron chi connectivity index (χ4n) is 3.42. The van der Waals surface area contributed by atoms with Gasteiger partial charge in [0.2, 0.25) is 10.0 Å². The molecule has 3 aromatic rings. The van der Waals surface area contributed by atoms with Crippen LogP contribution in [0.3, 0.4) is 0 Å². The molecule has 0 aromatic heterocycles. The van der Waals surface area contributed by atoms with Gasteiger partial charge in [0.15, 0.2) is 11.6 Å². The molecule has 4 rings (SSSR count). The van der Waals surface area contributed by atoms with Gasteiger partial charge in [0.05, 0.1) is 33.9 Å². The zero-order chi connectivity index (χ0) is 23.8. The topological polar surface area (TPSA) is 61.8 Å². The van der Waals surface area contributed by atoms with Gasteiger partial charge in [0.25, 0.3) is 0 Å². The van der Waals surface area contributed by atoms with Gasteiger partial charge in [0, 0.05) is 16.5 Å². The molecule has 0 saturated heterocycles. The molecule has 0 fully saturated rings. The van der Waals surface area contributed by atoms with Crippen LogP contribution in [0.1, 0.15) is 18.0 Å². The second kappa shape index (κ2) is 9.56. The first-order chi connectivity index (χ1) is 15.6. The van der Waals surface area contributed by atoms with Crippen LogP contribution >= 0.6 is 34.8 Å². The van der Waals surface area contributed by atoms with Crippen molar-refractivity contribution in [3.05, 3.63) is 92.9 Å². The number of nitrogens with zero attached hydrogens (tertiary/aromatic N) is 2. The molecule has 172 valence electrons. The molecule has 33 heavy (non-hydrogen) atoms. The molecule has 0 radical (unpaired) electrons. The fourth-order valence-corrected chi connectivity index (χ4v) is 5.07. The summed E-state index contributed by atoms with van der Waals surface area (Å²) in [4.78, 5) is -0.383. The molecule has 11 heteroatoms. The lowest BCUT2D eigenvalue weighted by Crippen LogP contribution is -2.29. The van der Waals surface area contributed by atoms with E-state index < -0.39 is 21.7 Å². The molecule has 1 aliphatic heterocycles. The highest BCUT2D eigenvalue weighted by atomic mass is 35.5. The number of hydrogen-bond acceptors (Lipinski definition) is 4. The lowest BCUT2D eigenvalue weighted by Gasteiger charge is -2.25. The first-order valence-electron chi connectivity index (χ1n) is 9.65. The Hall–Kier alpha value is -2.23. The van der Waals surface area contributed by atoms with E-state index in [-0.39, 0.29) is 17.5 Å². The van der Waals surface area contributed by atoms with E-state index in [9.17, 15) is 17.2 Å². The van der Waals surface area contributed by atoms with Gasteiger partial charge in [-0.15, -0.1) is 0 Å². The molecule has 1 N–H and O–H groups in total. The smallest absolute Gasteiger partial charge is 0.241 e. The Morgan fingerprint density at radius 2 is 1.64 bits per heavy atom. The number of halogens is 5. The maximum absolute atomic E-state index is 13.5. The molecular weight excluding hydrogens is 515 g/mol. The third kappa shape index (κ3) is 5.31. The number of hydrazone groups is 1. The SMILES string of the molecule is O=S(=O)(NCC1=NN(c2ccc(Cl)cc2Cl)C(c2ccc(Cl)cc2)C1)c1ccc(F)c(F)c1. The van der Waals surface area contributed by atoms with E-state index in [0.717, 1.165) is 17.7 Å². The van der Waals surface area contributed by atoms with E-state index in [1.807, 2.05) is 12.1 Å². The molecule has 0 amide bonds. The van der Waals surface area contributed by atoms with E-state index in [2.05, 4.69) is 9.82 Å². The third-order valence-electron chi connectivity index (χ3n) is 5.05. The van der Waals surface area contributed by atoms with Crippen LogP contribution in [0.25, 0.3) is 0 Å². The third-order valence-corrected chi connectivity index (χ3v) is 7.24. The van der Waals surface area contributed by atoms with Crippen LogP contribution in [0.4, 0.5) is 14.5 Å². The highest BCUT2D eigenvalue weighted by Gasteiger charge is 2.31. The summed E-state index contributed by atoms with van der Waals surface area (Å²) in [6.45, 7) is -0.132. The number of anilines is 1. The lowest BCUT2D eigenvalue weighted by atomic mass is 10.0. The Balaban J connectivity index is 1.61. The van der Waals surface area contributed by atoms with Crippen LogP contribution in [0.15, 0.2) is 70.7 Å². The van der Waals surface area contributed by atoms with Gasteiger partial charge >= 0.3 is 0 Å². The van der Waals surface area contributed by atoms with E-state index >= 15 is 0 Å². The minimum absolute atomic E-state index is 0.132. The average molecular weight is 531 g/mol. The van der Waals surface area contributed by atoms with Crippen molar-refractivity contribution in [2.75, 3.05) is 11.6 Å². The molecule has 0 aliphatic carbocycles. The summed E-state index contributed by atoms with van der Waals surface area (Å²) in [5.41, 5.74) is 2.01. The number of nitrogens with one attached hydrogen (secondary N) is 1. The number of sulfonamides is 1. The average Bonchev–Trinajstić information content (AvgIpc) is 3.19. The maximum atomic E-state index is 13.5. The van der Waals surface area contributed by atoms with Crippen LogP contribution in [-0.4, -0.2) is 20.7 Å². The minimum Gasteiger partial charge on any atom is -0.256 e. The van der Waals surface area contributed by atoms with Crippen LogP contribution < -0.4 is 9.73 Å². The monoisotopic (exact) mass is 529 g/mol. The Morgan fingerprint density at radius 3 is 2.30 bits per heavy atom. The Labute approximate surface area is 204 Å². The summed E-state index contributed by atoms with van der Waals surface area (Å²) in [6, 6.07) is 14.3. The van der Waals surface area contributed by atoms with Crippen molar-refractivity contribution in [3.63, 3.8) is 0 Å². The van der Waals surface area contributed by atoms with E-state index in [1.54, 1.807) is 35.3 Å². The van der Waals surface area contributed by atoms with Gasteiger partial charge in [-0.3, -0.25) is 5.01 Å². The maximum Gasteiger partial charge on any atom is 0.241 e. The van der Waals surface area contributed by atoms with Gasteiger partial charge in [-0.1, -0.05) is 46.9 Å². The van der Waals surface area contributed by atoms with Crippen molar-refractivity contribution in [3.8, 4) is 0 Å². The van der Waals surface area contributed by atoms with Crippen molar-refractivity contribution in [2.45, 2.75) is 17.4 Å². The summed E-state index contributed by atoms with van der Waals surface area (Å²) >= 11 is 18.4. The predicted molar refractivity (Wildman–Crippen MR) is 127 cm³/mol. The highest BCUT2D eigenvalue weighted by Crippen LogP contribution is 2.39. The predicted octanol–water partition coefficient (Wildman–Crippen LogP) is 6.21. The largest absolute Gasteiger partial charge is 0.256 e. The highest BCUT2D eigenvalue weighted by molar-refractivity contribution is 7.89. The normalized spacial score (nSPS) is 16.2. The van der Waals surface area contributed by atoms with Crippen LogP contribution in [0.2, 0.25) is 15.1 Å². The van der Waals surface area contributed by atoms with Gasteiger partial charge in [-0.05, 0) is 54.1 Å². The zero-order valence-electron chi connectivity index (χ0n) is 16.8. The van der Waals surface area contributed by atoms with E-state index in [4.69, 9.17) is 34.8 Å². The van der Waals surface area contributed by atoms with Crippen molar-refractivity contribution in [1.29, 1.82) is 0 Å². The molecule has 1 heterocycles. The molecule has 3 aromatic carbocycles. The van der Waals surface area contributed by atoms with Crippen LogP contribution in [0.5, 0.6) is 0 Å². The van der Waals surface area contributed by atoms with Crippen molar-refractivity contribution < 1.29 is 17.2 Å². The zero-order valence-corrected chi connectivity index (χ0v) is 19.9. The molecule has 0 spiro atoms. The quantitative estimate of drug-likeness (QED) is 0.412. The minimum atomic E-state index is -4.09. The second-order valence-electron chi connectivity index (χ2n) is 7.28. The summed E-state index contributed by atoms with van der Waals surface area (Å²) in [6.07, 6.45) is 0.390. The van der Waals surface area contributed by atoms with Crippen LogP contribution in [0, 0.1) is 11.6 Å². The molecule has 0 saturated carbocycles. The number of rotatable bonds is 6. The molecular formula is C22H16Cl3F2N3O2S. The number of hydrogen-bond donors (Lipinski definition) is 1. The summed E-state index contributed by atoms with van der Waals surface area (Å²) in [5, 5.41) is 7.71. The Kier molecular flexibility index (Phi) is 6.93. The molecule has 0 bridgehead atoms. The van der Waals surface area contributed by atoms with E-state index in [0.29, 0.717) is 39.0 Å². The summed E-state index contributed by atoms with van der Waals surface area (Å²) < 4.78 is 54.2. The Bertz CT molecular complexity index is 1340. The van der Waals surface area contributed by atoms with E-state index in [1.165, 1.54) is 0 Å². The molecule has 1 aliphatic rings. The number of benzene rings is 3. The van der Waals surface area contributed by atoms with Crippen molar-refractivity contribution in [1.82, 2.24) is 4.72 Å². The van der Waals surface area contributed by atoms with Crippen molar-refractivity contribution in [2.24, 2.45) is 5.10 Å². The van der Waals surface area contributed by atoms with Crippen LogP contribution in [-0.2, 0) is 10.0 Å². The van der Waals surface area contributed by atoms with Gasteiger partial charge < -0.3 is 0 Å². The summed E-state index contributed by atoms with van der Waals surface area (Å²) in [7, 11) is -4.09.